The van der Waals surface area contributed by atoms with Crippen molar-refractivity contribution in [3.8, 4) is 0 Å². The van der Waals surface area contributed by atoms with Crippen molar-refractivity contribution < 1.29 is 9.59 Å². The highest BCUT2D eigenvalue weighted by atomic mass is 79.9. The van der Waals surface area contributed by atoms with Crippen molar-refractivity contribution in [3.05, 3.63) is 22.3 Å². The number of halogens is 1. The van der Waals surface area contributed by atoms with Crippen LogP contribution in [0.15, 0.2) is 16.7 Å². The number of carbonyl (C=O) groups is 2. The zero-order chi connectivity index (χ0) is 13.7. The molecule has 1 aromatic heterocycles. The Labute approximate surface area is 113 Å². The molecule has 1 heterocycles. The van der Waals surface area contributed by atoms with E-state index in [1.807, 2.05) is 13.8 Å². The zero-order valence-corrected chi connectivity index (χ0v) is 11.7. The van der Waals surface area contributed by atoms with Crippen molar-refractivity contribution in [1.82, 2.24) is 15.6 Å². The van der Waals surface area contributed by atoms with Gasteiger partial charge in [-0.2, -0.15) is 0 Å². The molecule has 0 bridgehead atoms. The molecule has 0 fully saturated rings. The van der Waals surface area contributed by atoms with Crippen molar-refractivity contribution in [1.29, 1.82) is 0 Å². The second kappa shape index (κ2) is 6.34. The SMILES string of the molecule is CC(C)NC(=O)CNC(=O)c1cc(N)ncc1Br. The number of nitrogens with zero attached hydrogens (tertiary/aromatic N) is 1. The first-order valence-corrected chi connectivity index (χ1v) is 6.18. The molecule has 1 rings (SSSR count). The Kier molecular flexibility index (Phi) is 5.08. The van der Waals surface area contributed by atoms with Crippen LogP contribution in [-0.4, -0.2) is 29.4 Å². The van der Waals surface area contributed by atoms with Gasteiger partial charge < -0.3 is 16.4 Å². The molecule has 2 amide bonds. The molecule has 0 aliphatic rings. The van der Waals surface area contributed by atoms with Gasteiger partial charge in [-0.25, -0.2) is 4.98 Å². The van der Waals surface area contributed by atoms with E-state index in [4.69, 9.17) is 5.73 Å². The molecule has 0 saturated carbocycles. The Morgan fingerprint density at radius 1 is 1.50 bits per heavy atom. The second-order valence-electron chi connectivity index (χ2n) is 3.99. The summed E-state index contributed by atoms with van der Waals surface area (Å²) < 4.78 is 0.526. The Bertz CT molecular complexity index is 462. The third-order valence-corrected chi connectivity index (χ3v) is 2.61. The lowest BCUT2D eigenvalue weighted by molar-refractivity contribution is -0.120. The quantitative estimate of drug-likeness (QED) is 0.761. The summed E-state index contributed by atoms with van der Waals surface area (Å²) >= 11 is 3.20. The minimum Gasteiger partial charge on any atom is -0.384 e. The molecular weight excluding hydrogens is 300 g/mol. The number of carbonyl (C=O) groups excluding carboxylic acids is 2. The number of nitrogens with one attached hydrogen (secondary N) is 2. The number of hydrogen-bond donors (Lipinski definition) is 3. The molecule has 0 atom stereocenters. The normalized spacial score (nSPS) is 10.2. The summed E-state index contributed by atoms with van der Waals surface area (Å²) in [5.41, 5.74) is 5.84. The van der Waals surface area contributed by atoms with E-state index in [9.17, 15) is 9.59 Å². The Balaban J connectivity index is 2.60. The second-order valence-corrected chi connectivity index (χ2v) is 4.85. The topological polar surface area (TPSA) is 97.1 Å². The van der Waals surface area contributed by atoms with Crippen molar-refractivity contribution in [2.45, 2.75) is 19.9 Å². The van der Waals surface area contributed by atoms with Gasteiger partial charge in [0.1, 0.15) is 5.82 Å². The largest absolute Gasteiger partial charge is 0.384 e. The average molecular weight is 315 g/mol. The lowest BCUT2D eigenvalue weighted by atomic mass is 10.2. The maximum atomic E-state index is 11.8. The van der Waals surface area contributed by atoms with Crippen LogP contribution in [0.25, 0.3) is 0 Å². The van der Waals surface area contributed by atoms with Gasteiger partial charge in [-0.1, -0.05) is 0 Å². The van der Waals surface area contributed by atoms with Crippen LogP contribution < -0.4 is 16.4 Å². The van der Waals surface area contributed by atoms with Crippen molar-refractivity contribution in [3.63, 3.8) is 0 Å². The molecule has 98 valence electrons. The maximum absolute atomic E-state index is 11.8. The summed E-state index contributed by atoms with van der Waals surface area (Å²) in [4.78, 5) is 27.0. The van der Waals surface area contributed by atoms with E-state index in [0.29, 0.717) is 10.0 Å². The number of amides is 2. The van der Waals surface area contributed by atoms with E-state index in [1.54, 1.807) is 0 Å². The first kappa shape index (κ1) is 14.4. The van der Waals surface area contributed by atoms with Gasteiger partial charge in [-0.15, -0.1) is 0 Å². The molecule has 18 heavy (non-hydrogen) atoms. The molecule has 4 N–H and O–H groups in total. The van der Waals surface area contributed by atoms with Gasteiger partial charge in [0.2, 0.25) is 5.91 Å². The van der Waals surface area contributed by atoms with Gasteiger partial charge in [0.15, 0.2) is 0 Å². The number of hydrogen-bond acceptors (Lipinski definition) is 4. The molecule has 1 aromatic rings. The van der Waals surface area contributed by atoms with Gasteiger partial charge in [-0.3, -0.25) is 9.59 Å². The molecule has 0 radical (unpaired) electrons. The Hall–Kier alpha value is -1.63. The fourth-order valence-electron chi connectivity index (χ4n) is 1.26. The van der Waals surface area contributed by atoms with E-state index < -0.39 is 0 Å². The molecule has 0 aliphatic carbocycles. The van der Waals surface area contributed by atoms with E-state index in [1.165, 1.54) is 12.3 Å². The summed E-state index contributed by atoms with van der Waals surface area (Å²) in [6, 6.07) is 1.48. The molecule has 7 heteroatoms. The molecule has 0 saturated heterocycles. The van der Waals surface area contributed by atoms with E-state index in [2.05, 4.69) is 31.5 Å². The fourth-order valence-corrected chi connectivity index (χ4v) is 1.65. The van der Waals surface area contributed by atoms with Crippen LogP contribution in [0.1, 0.15) is 24.2 Å². The first-order chi connectivity index (χ1) is 8.40. The van der Waals surface area contributed by atoms with E-state index in [-0.39, 0.29) is 30.2 Å². The monoisotopic (exact) mass is 314 g/mol. The number of pyridine rings is 1. The van der Waals surface area contributed by atoms with Crippen LogP contribution in [0.4, 0.5) is 5.82 Å². The highest BCUT2D eigenvalue weighted by Gasteiger charge is 2.12. The standard InChI is InChI=1S/C11H15BrN4O2/c1-6(2)16-10(17)5-15-11(18)7-3-9(13)14-4-8(7)12/h3-4,6H,5H2,1-2H3,(H2,13,14)(H,15,18)(H,16,17). The van der Waals surface area contributed by atoms with Gasteiger partial charge in [0.25, 0.3) is 5.91 Å². The van der Waals surface area contributed by atoms with Crippen LogP contribution >= 0.6 is 15.9 Å². The predicted molar refractivity (Wildman–Crippen MR) is 72.0 cm³/mol. The smallest absolute Gasteiger partial charge is 0.253 e. The number of nitrogens with two attached hydrogens (primary N) is 1. The highest BCUT2D eigenvalue weighted by Crippen LogP contribution is 2.16. The predicted octanol–water partition coefficient (Wildman–Crippen LogP) is 0.681. The maximum Gasteiger partial charge on any atom is 0.253 e. The highest BCUT2D eigenvalue weighted by molar-refractivity contribution is 9.10. The van der Waals surface area contributed by atoms with Gasteiger partial charge in [-0.05, 0) is 35.8 Å². The van der Waals surface area contributed by atoms with Crippen molar-refractivity contribution in [2.75, 3.05) is 12.3 Å². The summed E-state index contributed by atoms with van der Waals surface area (Å²) in [6.45, 7) is 3.62. The fraction of sp³-hybridized carbons (Fsp3) is 0.364. The molecule has 6 nitrogen and oxygen atoms in total. The van der Waals surface area contributed by atoms with Crippen LogP contribution in [0.5, 0.6) is 0 Å². The van der Waals surface area contributed by atoms with Gasteiger partial charge in [0.05, 0.1) is 12.1 Å². The summed E-state index contributed by atoms with van der Waals surface area (Å²) in [6.07, 6.45) is 1.44. The van der Waals surface area contributed by atoms with E-state index in [0.717, 1.165) is 0 Å². The van der Waals surface area contributed by atoms with Gasteiger partial charge in [0, 0.05) is 16.7 Å². The van der Waals surface area contributed by atoms with Crippen molar-refractivity contribution >= 4 is 33.6 Å². The molecule has 0 unspecified atom stereocenters. The molecule has 0 aromatic carbocycles. The van der Waals surface area contributed by atoms with Crippen LogP contribution in [0.2, 0.25) is 0 Å². The molecule has 0 aliphatic heterocycles. The van der Waals surface area contributed by atoms with E-state index >= 15 is 0 Å². The Morgan fingerprint density at radius 2 is 2.17 bits per heavy atom. The van der Waals surface area contributed by atoms with Crippen LogP contribution in [-0.2, 0) is 4.79 Å². The average Bonchev–Trinajstić information content (AvgIpc) is 2.28. The third kappa shape index (κ3) is 4.33. The minimum absolute atomic E-state index is 0.0395. The lowest BCUT2D eigenvalue weighted by Gasteiger charge is -2.10. The lowest BCUT2D eigenvalue weighted by Crippen LogP contribution is -2.39. The molecule has 0 spiro atoms. The minimum atomic E-state index is -0.380. The number of anilines is 1. The Morgan fingerprint density at radius 3 is 2.78 bits per heavy atom. The van der Waals surface area contributed by atoms with Crippen molar-refractivity contribution in [2.24, 2.45) is 0 Å². The number of rotatable bonds is 4. The first-order valence-electron chi connectivity index (χ1n) is 5.38. The van der Waals surface area contributed by atoms with Crippen LogP contribution in [0.3, 0.4) is 0 Å². The molecular formula is C11H15BrN4O2. The third-order valence-electron chi connectivity index (χ3n) is 1.98. The summed E-state index contributed by atoms with van der Waals surface area (Å²) in [5.74, 6) is -0.374. The summed E-state index contributed by atoms with van der Waals surface area (Å²) in [5, 5.41) is 5.18. The van der Waals surface area contributed by atoms with Crippen LogP contribution in [0, 0.1) is 0 Å². The number of aromatic nitrogens is 1. The van der Waals surface area contributed by atoms with Gasteiger partial charge >= 0.3 is 0 Å². The summed E-state index contributed by atoms with van der Waals surface area (Å²) in [7, 11) is 0. The number of nitrogen functional groups attached to an aromatic ring is 1. The zero-order valence-electron chi connectivity index (χ0n) is 10.2.